The molecule has 1 heterocycles. The minimum Gasteiger partial charge on any atom is -0.549 e. The number of nitrogens with one attached hydrogen (secondary N) is 1. The van der Waals surface area contributed by atoms with E-state index >= 15 is 0 Å². The van der Waals surface area contributed by atoms with Gasteiger partial charge in [0.15, 0.2) is 0 Å². The molecule has 0 aromatic heterocycles. The van der Waals surface area contributed by atoms with Crippen molar-refractivity contribution in [3.05, 3.63) is 81.3 Å². The van der Waals surface area contributed by atoms with Gasteiger partial charge in [0.2, 0.25) is 0 Å². The van der Waals surface area contributed by atoms with Crippen LogP contribution in [0.3, 0.4) is 0 Å². The van der Waals surface area contributed by atoms with Crippen LogP contribution in [0.5, 0.6) is 23.0 Å². The number of fused-ring (bicyclic) bond motifs is 1. The Hall–Kier alpha value is -2.49. The third kappa shape index (κ3) is 7.55. The zero-order chi connectivity index (χ0) is 26.4. The summed E-state index contributed by atoms with van der Waals surface area (Å²) in [5, 5.41) is 14.9. The van der Waals surface area contributed by atoms with E-state index in [4.69, 9.17) is 37.4 Å². The Kier molecular flexibility index (Phi) is 11.1. The van der Waals surface area contributed by atoms with Gasteiger partial charge in [0.25, 0.3) is 5.91 Å². The van der Waals surface area contributed by atoms with E-state index < -0.39 is 18.6 Å². The fourth-order valence-electron chi connectivity index (χ4n) is 3.94. The van der Waals surface area contributed by atoms with Crippen LogP contribution in [0.25, 0.3) is 0 Å². The quantitative estimate of drug-likeness (QED) is 0.373. The number of carbonyl (C=O) groups is 2. The monoisotopic (exact) mass is 569 g/mol. The third-order valence-electron chi connectivity index (χ3n) is 5.78. The number of aliphatic carboxylic acids is 1. The molecule has 1 atom stereocenters. The standard InChI is InChI=1S/C27H24Cl2FNO6.Na/c28-18-4-1-16(23(13-18)36-12-9-30)7-10-31-26(32)17-2-5-19(6-3-17)37-25-15-24-21(14-22(25)29)20(27(33)34)8-11-35-24;/h1-6,13-15,20H,7-12H2,(H,31,32)(H,33,34);/q;+1/p-1. The molecule has 1 amide bonds. The van der Waals surface area contributed by atoms with Crippen LogP contribution in [-0.2, 0) is 11.2 Å². The van der Waals surface area contributed by atoms with Crippen molar-refractivity contribution < 1.29 is 62.9 Å². The topological polar surface area (TPSA) is 96.9 Å². The Balaban J connectivity index is 0.00000400. The molecule has 1 aliphatic heterocycles. The van der Waals surface area contributed by atoms with E-state index in [0.717, 1.165) is 5.56 Å². The van der Waals surface area contributed by atoms with E-state index in [1.54, 1.807) is 48.5 Å². The second-order valence-corrected chi connectivity index (χ2v) is 9.09. The van der Waals surface area contributed by atoms with Gasteiger partial charge < -0.3 is 29.4 Å². The summed E-state index contributed by atoms with van der Waals surface area (Å²) in [6, 6.07) is 14.6. The molecule has 3 aromatic carbocycles. The van der Waals surface area contributed by atoms with Crippen LogP contribution in [-0.4, -0.2) is 38.3 Å². The van der Waals surface area contributed by atoms with Crippen molar-refractivity contribution in [1.82, 2.24) is 5.32 Å². The predicted octanol–water partition coefficient (Wildman–Crippen LogP) is 1.73. The van der Waals surface area contributed by atoms with Crippen LogP contribution in [0.4, 0.5) is 4.39 Å². The molecule has 0 bridgehead atoms. The van der Waals surface area contributed by atoms with Crippen molar-refractivity contribution in [2.45, 2.75) is 18.8 Å². The van der Waals surface area contributed by atoms with Crippen LogP contribution < -0.4 is 54.2 Å². The van der Waals surface area contributed by atoms with Gasteiger partial charge in [-0.15, -0.1) is 0 Å². The summed E-state index contributed by atoms with van der Waals surface area (Å²) < 4.78 is 29.3. The van der Waals surface area contributed by atoms with Crippen molar-refractivity contribution in [3.8, 4) is 23.0 Å². The van der Waals surface area contributed by atoms with E-state index in [1.165, 1.54) is 6.07 Å². The SMILES string of the molecule is O=C(NCCc1ccc(Cl)cc1OCCF)c1ccc(Oc2cc3c(cc2Cl)C(C(=O)[O-])CCO3)cc1.[Na+]. The van der Waals surface area contributed by atoms with E-state index in [1.807, 2.05) is 0 Å². The van der Waals surface area contributed by atoms with Crippen LogP contribution in [0.15, 0.2) is 54.6 Å². The van der Waals surface area contributed by atoms with Crippen LogP contribution in [0, 0.1) is 0 Å². The molecule has 11 heteroatoms. The Labute approximate surface area is 251 Å². The molecular formula is C27H23Cl2FNNaO6. The number of carboxylic acids is 1. The van der Waals surface area contributed by atoms with Gasteiger partial charge in [-0.25, -0.2) is 4.39 Å². The Morgan fingerprint density at radius 3 is 2.55 bits per heavy atom. The largest absolute Gasteiger partial charge is 1.00 e. The number of carbonyl (C=O) groups excluding carboxylic acids is 2. The van der Waals surface area contributed by atoms with Gasteiger partial charge in [0.05, 0.1) is 11.6 Å². The summed E-state index contributed by atoms with van der Waals surface area (Å²) in [5.41, 5.74) is 1.68. The van der Waals surface area contributed by atoms with Crippen molar-refractivity contribution in [3.63, 3.8) is 0 Å². The first kappa shape index (κ1) is 30.1. The summed E-state index contributed by atoms with van der Waals surface area (Å²) in [5.74, 6) is -0.645. The molecule has 1 aliphatic rings. The molecule has 7 nitrogen and oxygen atoms in total. The average Bonchev–Trinajstić information content (AvgIpc) is 2.89. The minimum absolute atomic E-state index is 0. The maximum atomic E-state index is 12.6. The minimum atomic E-state index is -1.18. The summed E-state index contributed by atoms with van der Waals surface area (Å²) in [7, 11) is 0. The zero-order valence-corrected chi connectivity index (χ0v) is 24.1. The number of ether oxygens (including phenoxy) is 3. The molecular weight excluding hydrogens is 547 g/mol. The third-order valence-corrected chi connectivity index (χ3v) is 6.31. The number of amides is 1. The fourth-order valence-corrected chi connectivity index (χ4v) is 4.32. The Morgan fingerprint density at radius 1 is 1.08 bits per heavy atom. The number of hydrogen-bond acceptors (Lipinski definition) is 6. The van der Waals surface area contributed by atoms with Gasteiger partial charge in [-0.05, 0) is 60.9 Å². The zero-order valence-electron chi connectivity index (χ0n) is 20.6. The normalized spacial score (nSPS) is 13.9. The first-order chi connectivity index (χ1) is 17.9. The molecule has 1 N–H and O–H groups in total. The number of carboxylic acid groups (broad SMARTS) is 1. The van der Waals surface area contributed by atoms with Gasteiger partial charge >= 0.3 is 29.6 Å². The maximum Gasteiger partial charge on any atom is 1.00 e. The number of rotatable bonds is 10. The van der Waals surface area contributed by atoms with E-state index in [-0.39, 0.29) is 53.7 Å². The molecule has 0 saturated carbocycles. The summed E-state index contributed by atoms with van der Waals surface area (Å²) >= 11 is 12.3. The van der Waals surface area contributed by atoms with Crippen molar-refractivity contribution >= 4 is 35.1 Å². The van der Waals surface area contributed by atoms with Gasteiger partial charge in [-0.2, -0.15) is 0 Å². The molecule has 0 fully saturated rings. The number of hydrogen-bond donors (Lipinski definition) is 1. The van der Waals surface area contributed by atoms with Crippen molar-refractivity contribution in [2.24, 2.45) is 0 Å². The maximum absolute atomic E-state index is 12.6. The fraction of sp³-hybridized carbons (Fsp3) is 0.259. The molecule has 0 spiro atoms. The van der Waals surface area contributed by atoms with Crippen molar-refractivity contribution in [2.75, 3.05) is 26.4 Å². The Morgan fingerprint density at radius 2 is 1.84 bits per heavy atom. The molecule has 4 rings (SSSR count). The first-order valence-corrected chi connectivity index (χ1v) is 12.3. The molecule has 1 unspecified atom stereocenters. The van der Waals surface area contributed by atoms with Gasteiger partial charge in [0, 0.05) is 40.6 Å². The Bertz CT molecular complexity index is 1290. The summed E-state index contributed by atoms with van der Waals surface area (Å²) in [6.45, 7) is -0.0985. The molecule has 38 heavy (non-hydrogen) atoms. The summed E-state index contributed by atoms with van der Waals surface area (Å²) in [4.78, 5) is 24.0. The van der Waals surface area contributed by atoms with E-state index in [2.05, 4.69) is 5.32 Å². The number of alkyl halides is 1. The van der Waals surface area contributed by atoms with Crippen LogP contribution in [0.1, 0.15) is 33.8 Å². The molecule has 0 aliphatic carbocycles. The smallest absolute Gasteiger partial charge is 0.549 e. The first-order valence-electron chi connectivity index (χ1n) is 11.6. The molecule has 3 aromatic rings. The van der Waals surface area contributed by atoms with E-state index in [0.29, 0.717) is 58.5 Å². The van der Waals surface area contributed by atoms with Gasteiger partial charge in [0.1, 0.15) is 36.3 Å². The van der Waals surface area contributed by atoms with Gasteiger partial charge in [-0.1, -0.05) is 29.3 Å². The van der Waals surface area contributed by atoms with Crippen molar-refractivity contribution in [1.29, 1.82) is 0 Å². The second-order valence-electron chi connectivity index (χ2n) is 8.25. The van der Waals surface area contributed by atoms with Crippen LogP contribution in [0.2, 0.25) is 10.0 Å². The molecule has 194 valence electrons. The second kappa shape index (κ2) is 14.1. The number of halogens is 3. The average molecular weight is 570 g/mol. The van der Waals surface area contributed by atoms with E-state index in [9.17, 15) is 19.1 Å². The molecule has 0 saturated heterocycles. The molecule has 0 radical (unpaired) electrons. The van der Waals surface area contributed by atoms with Crippen LogP contribution >= 0.6 is 23.2 Å². The number of benzene rings is 3. The predicted molar refractivity (Wildman–Crippen MR) is 135 cm³/mol. The van der Waals surface area contributed by atoms with Gasteiger partial charge in [-0.3, -0.25) is 4.79 Å². The summed E-state index contributed by atoms with van der Waals surface area (Å²) in [6.07, 6.45) is 0.784.